The SMILES string of the molecule is Cc1ccc(NC(=O)c2cc(N3CCOCC3)cc(C(F)(F)F)c2)cc1NC(=O)c1cccc(OC2CCNCC2)c1. The summed E-state index contributed by atoms with van der Waals surface area (Å²) in [4.78, 5) is 28.0. The van der Waals surface area contributed by atoms with Gasteiger partial charge in [-0.2, -0.15) is 13.2 Å². The van der Waals surface area contributed by atoms with Crippen molar-refractivity contribution in [1.29, 1.82) is 0 Å². The van der Waals surface area contributed by atoms with Crippen molar-refractivity contribution in [2.75, 3.05) is 54.9 Å². The molecule has 2 heterocycles. The number of aryl methyl sites for hydroxylation is 1. The van der Waals surface area contributed by atoms with E-state index < -0.39 is 17.6 Å². The Kier molecular flexibility index (Phi) is 8.98. The highest BCUT2D eigenvalue weighted by molar-refractivity contribution is 6.07. The summed E-state index contributed by atoms with van der Waals surface area (Å²) in [7, 11) is 0. The van der Waals surface area contributed by atoms with Crippen LogP contribution in [0.2, 0.25) is 0 Å². The standard InChI is InChI=1S/C31H33F3N4O4/c1-20-5-6-24(19-28(20)37-29(39)21-3-2-4-27(17-21)42-26-7-9-35-10-8-26)36-30(40)22-15-23(31(32,33)34)18-25(16-22)38-11-13-41-14-12-38/h2-6,15-19,26,35H,7-14H2,1H3,(H,36,40)(H,37,39). The molecule has 8 nitrogen and oxygen atoms in total. The molecule has 0 spiro atoms. The number of carbonyl (C=O) groups is 2. The van der Waals surface area contributed by atoms with Gasteiger partial charge < -0.3 is 30.3 Å². The number of carbonyl (C=O) groups excluding carboxylic acids is 2. The van der Waals surface area contributed by atoms with Crippen LogP contribution in [0.25, 0.3) is 0 Å². The van der Waals surface area contributed by atoms with Gasteiger partial charge in [-0.3, -0.25) is 9.59 Å². The monoisotopic (exact) mass is 582 g/mol. The number of hydrogen-bond acceptors (Lipinski definition) is 6. The summed E-state index contributed by atoms with van der Waals surface area (Å²) < 4.78 is 52.4. The summed E-state index contributed by atoms with van der Waals surface area (Å²) in [5, 5.41) is 8.84. The van der Waals surface area contributed by atoms with Gasteiger partial charge in [-0.25, -0.2) is 0 Å². The largest absolute Gasteiger partial charge is 0.490 e. The molecule has 0 radical (unpaired) electrons. The molecule has 2 aliphatic heterocycles. The highest BCUT2D eigenvalue weighted by Crippen LogP contribution is 2.34. The zero-order valence-corrected chi connectivity index (χ0v) is 23.2. The van der Waals surface area contributed by atoms with Gasteiger partial charge in [-0.15, -0.1) is 0 Å². The molecule has 0 aromatic heterocycles. The fourth-order valence-electron chi connectivity index (χ4n) is 4.96. The summed E-state index contributed by atoms with van der Waals surface area (Å²) in [6, 6.07) is 15.2. The Hall–Kier alpha value is -4.09. The van der Waals surface area contributed by atoms with Crippen LogP contribution in [0.4, 0.5) is 30.2 Å². The molecule has 42 heavy (non-hydrogen) atoms. The number of nitrogens with one attached hydrogen (secondary N) is 3. The number of piperidine rings is 1. The molecule has 0 unspecified atom stereocenters. The van der Waals surface area contributed by atoms with Crippen molar-refractivity contribution in [3.05, 3.63) is 82.9 Å². The first-order chi connectivity index (χ1) is 20.2. The summed E-state index contributed by atoms with van der Waals surface area (Å²) in [5.74, 6) is -0.435. The second-order valence-electron chi connectivity index (χ2n) is 10.4. The molecular formula is C31H33F3N4O4. The van der Waals surface area contributed by atoms with Crippen molar-refractivity contribution < 1.29 is 32.2 Å². The molecule has 0 bridgehead atoms. The maximum absolute atomic E-state index is 13.7. The minimum absolute atomic E-state index is 0.0915. The molecule has 5 rings (SSSR count). The van der Waals surface area contributed by atoms with E-state index in [0.29, 0.717) is 54.7 Å². The highest BCUT2D eigenvalue weighted by Gasteiger charge is 2.32. The van der Waals surface area contributed by atoms with Crippen LogP contribution in [0.5, 0.6) is 5.75 Å². The molecule has 3 aromatic rings. The van der Waals surface area contributed by atoms with E-state index in [-0.39, 0.29) is 17.6 Å². The van der Waals surface area contributed by atoms with Crippen LogP contribution < -0.4 is 25.6 Å². The number of rotatable bonds is 7. The molecule has 2 aliphatic rings. The number of amides is 2. The minimum Gasteiger partial charge on any atom is -0.490 e. The maximum Gasteiger partial charge on any atom is 0.416 e. The number of morpholine rings is 1. The van der Waals surface area contributed by atoms with Crippen LogP contribution in [-0.4, -0.2) is 57.3 Å². The third-order valence-electron chi connectivity index (χ3n) is 7.31. The molecular weight excluding hydrogens is 549 g/mol. The third-order valence-corrected chi connectivity index (χ3v) is 7.31. The minimum atomic E-state index is -4.62. The van der Waals surface area contributed by atoms with Gasteiger partial charge in [0, 0.05) is 41.3 Å². The van der Waals surface area contributed by atoms with Gasteiger partial charge in [0.15, 0.2) is 0 Å². The Bertz CT molecular complexity index is 1430. The summed E-state index contributed by atoms with van der Waals surface area (Å²) in [6.07, 6.45) is -2.74. The Balaban J connectivity index is 1.31. The first-order valence-corrected chi connectivity index (χ1v) is 13.9. The molecule has 0 saturated carbocycles. The lowest BCUT2D eigenvalue weighted by molar-refractivity contribution is -0.137. The number of nitrogens with zero attached hydrogens (tertiary/aromatic N) is 1. The van der Waals surface area contributed by atoms with Crippen LogP contribution in [0.1, 0.15) is 44.7 Å². The number of halogens is 3. The molecule has 222 valence electrons. The van der Waals surface area contributed by atoms with Crippen molar-refractivity contribution in [2.45, 2.75) is 32.0 Å². The second-order valence-corrected chi connectivity index (χ2v) is 10.4. The van der Waals surface area contributed by atoms with Crippen molar-refractivity contribution in [2.24, 2.45) is 0 Å². The maximum atomic E-state index is 13.7. The lowest BCUT2D eigenvalue weighted by atomic mass is 10.1. The van der Waals surface area contributed by atoms with E-state index in [0.717, 1.165) is 43.6 Å². The third kappa shape index (κ3) is 7.40. The van der Waals surface area contributed by atoms with Crippen LogP contribution in [0.3, 0.4) is 0 Å². The van der Waals surface area contributed by atoms with Gasteiger partial charge in [0.1, 0.15) is 11.9 Å². The molecule has 0 aliphatic carbocycles. The van der Waals surface area contributed by atoms with Crippen molar-refractivity contribution in [3.63, 3.8) is 0 Å². The predicted molar refractivity (Wildman–Crippen MR) is 155 cm³/mol. The van der Waals surface area contributed by atoms with Gasteiger partial charge in [0.05, 0.1) is 18.8 Å². The first kappa shape index (κ1) is 29.4. The predicted octanol–water partition coefficient (Wildman–Crippen LogP) is 5.49. The molecule has 2 fully saturated rings. The lowest BCUT2D eigenvalue weighted by Gasteiger charge is -2.29. The molecule has 3 aromatic carbocycles. The molecule has 2 amide bonds. The van der Waals surface area contributed by atoms with E-state index in [9.17, 15) is 22.8 Å². The number of hydrogen-bond donors (Lipinski definition) is 3. The molecule has 11 heteroatoms. The lowest BCUT2D eigenvalue weighted by Crippen LogP contribution is -2.36. The van der Waals surface area contributed by atoms with Gasteiger partial charge in [0.2, 0.25) is 0 Å². The first-order valence-electron chi connectivity index (χ1n) is 13.9. The smallest absolute Gasteiger partial charge is 0.416 e. The normalized spacial score (nSPS) is 16.1. The zero-order chi connectivity index (χ0) is 29.7. The van der Waals surface area contributed by atoms with E-state index in [4.69, 9.17) is 9.47 Å². The van der Waals surface area contributed by atoms with E-state index in [2.05, 4.69) is 16.0 Å². The van der Waals surface area contributed by atoms with Crippen LogP contribution in [0, 0.1) is 6.92 Å². The Morgan fingerprint density at radius 1 is 0.929 bits per heavy atom. The van der Waals surface area contributed by atoms with Gasteiger partial charge in [-0.05, 0) is 86.9 Å². The quantitative estimate of drug-likeness (QED) is 0.342. The zero-order valence-electron chi connectivity index (χ0n) is 23.2. The van der Waals surface area contributed by atoms with Crippen LogP contribution in [-0.2, 0) is 10.9 Å². The summed E-state index contributed by atoms with van der Waals surface area (Å²) in [5.41, 5.74) is 1.23. The fourth-order valence-corrected chi connectivity index (χ4v) is 4.96. The van der Waals surface area contributed by atoms with Crippen molar-refractivity contribution >= 4 is 28.9 Å². The highest BCUT2D eigenvalue weighted by atomic mass is 19.4. The molecule has 2 saturated heterocycles. The number of anilines is 3. The van der Waals surface area contributed by atoms with E-state index >= 15 is 0 Å². The topological polar surface area (TPSA) is 91.9 Å². The number of benzene rings is 3. The van der Waals surface area contributed by atoms with Gasteiger partial charge in [-0.1, -0.05) is 12.1 Å². The Labute approximate surface area is 242 Å². The van der Waals surface area contributed by atoms with E-state index in [1.54, 1.807) is 48.2 Å². The van der Waals surface area contributed by atoms with E-state index in [1.165, 1.54) is 6.07 Å². The van der Waals surface area contributed by atoms with E-state index in [1.807, 2.05) is 6.07 Å². The second kappa shape index (κ2) is 12.8. The Morgan fingerprint density at radius 3 is 2.40 bits per heavy atom. The van der Waals surface area contributed by atoms with Crippen molar-refractivity contribution in [1.82, 2.24) is 5.32 Å². The van der Waals surface area contributed by atoms with Gasteiger partial charge in [0.25, 0.3) is 11.8 Å². The molecule has 0 atom stereocenters. The number of alkyl halides is 3. The average Bonchev–Trinajstić information content (AvgIpc) is 2.99. The van der Waals surface area contributed by atoms with Crippen LogP contribution >= 0.6 is 0 Å². The summed E-state index contributed by atoms with van der Waals surface area (Å²) >= 11 is 0. The molecule has 3 N–H and O–H groups in total. The van der Waals surface area contributed by atoms with Crippen LogP contribution in [0.15, 0.2) is 60.7 Å². The summed E-state index contributed by atoms with van der Waals surface area (Å²) in [6.45, 7) is 5.22. The fraction of sp³-hybridized carbons (Fsp3) is 0.355. The van der Waals surface area contributed by atoms with Gasteiger partial charge >= 0.3 is 6.18 Å². The Morgan fingerprint density at radius 2 is 1.67 bits per heavy atom. The van der Waals surface area contributed by atoms with Crippen molar-refractivity contribution in [3.8, 4) is 5.75 Å². The number of ether oxygens (including phenoxy) is 2. The average molecular weight is 583 g/mol.